The number of carbonyl (C=O) groups excluding carboxylic acids is 4. The maximum absolute atomic E-state index is 13.4. The number of nitrogens with zero attached hydrogens (tertiary/aromatic N) is 3. The Kier molecular flexibility index (Phi) is 10.1. The zero-order valence-corrected chi connectivity index (χ0v) is 24.4. The second-order valence-corrected chi connectivity index (χ2v) is 11.6. The van der Waals surface area contributed by atoms with Crippen molar-refractivity contribution in [1.82, 2.24) is 35.8 Å². The first-order chi connectivity index (χ1) is 20.0. The quantitative estimate of drug-likeness (QED) is 0.269. The Morgan fingerprint density at radius 2 is 1.98 bits per heavy atom. The minimum Gasteiger partial charge on any atom is -0.446 e. The molecular weight excluding hydrogens is 566 g/mol. The number of hydrogen-bond acceptors (Lipinski definition) is 10. The predicted molar refractivity (Wildman–Crippen MR) is 152 cm³/mol. The number of aromatic nitrogens is 3. The first-order valence-electron chi connectivity index (χ1n) is 13.8. The first-order valence-corrected chi connectivity index (χ1v) is 14.7. The molecule has 0 saturated carbocycles. The van der Waals surface area contributed by atoms with Crippen molar-refractivity contribution in [1.29, 1.82) is 0 Å². The number of thiophene rings is 1. The summed E-state index contributed by atoms with van der Waals surface area (Å²) in [6, 6.07) is -1.46. The van der Waals surface area contributed by atoms with E-state index in [-0.39, 0.29) is 42.6 Å². The molecule has 4 atom stereocenters. The Morgan fingerprint density at radius 3 is 2.71 bits per heavy atom. The highest BCUT2D eigenvalue weighted by Gasteiger charge is 2.32. The molecule has 0 saturated heterocycles. The summed E-state index contributed by atoms with van der Waals surface area (Å²) in [5.74, 6) is -2.19. The summed E-state index contributed by atoms with van der Waals surface area (Å²) in [6.45, 7) is 5.15. The zero-order valence-electron chi connectivity index (χ0n) is 23.6. The van der Waals surface area contributed by atoms with Crippen LogP contribution in [-0.4, -0.2) is 68.0 Å². The predicted octanol–water partition coefficient (Wildman–Crippen LogP) is 0.614. The zero-order chi connectivity index (χ0) is 30.4. The van der Waals surface area contributed by atoms with Gasteiger partial charge in [-0.05, 0) is 50.0 Å². The standard InChI is InChI=1S/C27H35N7O7S/c1-14(2)10-18-26-32-19(12-41-26)23(37)28-8-5-4-6-17(24(38)33-21(15(3)35)25(39)31-18)30-20(36)11-34-13-29-16-7-9-42-22(16)27(34)40/h7,9,12-15,17-18,21,35H,4-6,8,10-11H2,1-3H3,(H,28,37)(H,30,36)(H,31,39)(H,33,38)/t15-,17+,18+,21+/m1/s1. The van der Waals surface area contributed by atoms with Crippen LogP contribution in [0.4, 0.5) is 0 Å². The van der Waals surface area contributed by atoms with Crippen LogP contribution in [0.2, 0.25) is 0 Å². The Hall–Kier alpha value is -4.11. The lowest BCUT2D eigenvalue weighted by Gasteiger charge is -2.27. The van der Waals surface area contributed by atoms with Gasteiger partial charge in [-0.2, -0.15) is 0 Å². The molecule has 2 bridgehead atoms. The maximum atomic E-state index is 13.4. The lowest BCUT2D eigenvalue weighted by atomic mass is 10.0. The van der Waals surface area contributed by atoms with Gasteiger partial charge in [0.05, 0.1) is 17.9 Å². The molecule has 0 spiro atoms. The van der Waals surface area contributed by atoms with Gasteiger partial charge in [0.15, 0.2) is 5.69 Å². The highest BCUT2D eigenvalue weighted by Crippen LogP contribution is 2.22. The molecule has 226 valence electrons. The Morgan fingerprint density at radius 1 is 1.19 bits per heavy atom. The Balaban J connectivity index is 1.54. The van der Waals surface area contributed by atoms with Gasteiger partial charge in [0.1, 0.15) is 35.6 Å². The molecule has 0 unspecified atom stereocenters. The number of fused-ring (bicyclic) bond motifs is 3. The summed E-state index contributed by atoms with van der Waals surface area (Å²) in [6.07, 6.45) is 2.70. The Bertz CT molecular complexity index is 1500. The average molecular weight is 602 g/mol. The molecule has 5 N–H and O–H groups in total. The third-order valence-electron chi connectivity index (χ3n) is 6.75. The van der Waals surface area contributed by atoms with E-state index in [0.29, 0.717) is 29.5 Å². The summed E-state index contributed by atoms with van der Waals surface area (Å²) in [5, 5.41) is 22.9. The molecule has 4 amide bonds. The highest BCUT2D eigenvalue weighted by atomic mass is 32.1. The molecule has 14 nitrogen and oxygen atoms in total. The number of nitrogens with one attached hydrogen (secondary N) is 4. The van der Waals surface area contributed by atoms with Gasteiger partial charge in [-0.15, -0.1) is 11.3 Å². The lowest BCUT2D eigenvalue weighted by Crippen LogP contribution is -2.57. The van der Waals surface area contributed by atoms with Crippen molar-refractivity contribution in [3.05, 3.63) is 46.0 Å². The topological polar surface area (TPSA) is 198 Å². The van der Waals surface area contributed by atoms with Crippen molar-refractivity contribution in [2.45, 2.75) is 77.2 Å². The molecule has 1 aliphatic rings. The molecule has 1 aliphatic heterocycles. The van der Waals surface area contributed by atoms with E-state index < -0.39 is 47.9 Å². The van der Waals surface area contributed by atoms with Gasteiger partial charge in [0.25, 0.3) is 11.5 Å². The summed E-state index contributed by atoms with van der Waals surface area (Å²) in [4.78, 5) is 73.4. The second kappa shape index (κ2) is 13.7. The molecule has 4 rings (SSSR count). The van der Waals surface area contributed by atoms with Crippen LogP contribution in [0.3, 0.4) is 0 Å². The lowest BCUT2D eigenvalue weighted by molar-refractivity contribution is -0.134. The summed E-state index contributed by atoms with van der Waals surface area (Å²) < 4.78 is 7.09. The van der Waals surface area contributed by atoms with Crippen molar-refractivity contribution >= 4 is 45.2 Å². The van der Waals surface area contributed by atoms with Gasteiger partial charge in [0, 0.05) is 6.54 Å². The van der Waals surface area contributed by atoms with Crippen LogP contribution in [0.1, 0.15) is 68.9 Å². The van der Waals surface area contributed by atoms with Crippen molar-refractivity contribution in [2.24, 2.45) is 5.92 Å². The summed E-state index contributed by atoms with van der Waals surface area (Å²) in [5.41, 5.74) is 0.227. The van der Waals surface area contributed by atoms with Gasteiger partial charge in [-0.25, -0.2) is 9.97 Å². The molecule has 4 heterocycles. The summed E-state index contributed by atoms with van der Waals surface area (Å²) in [7, 11) is 0. The van der Waals surface area contributed by atoms with Crippen molar-refractivity contribution < 1.29 is 28.7 Å². The SMILES string of the molecule is CC(C)C[C@@H]1NC(=O)[C@H]([C@@H](C)O)NC(=O)[C@@H](NC(=O)Cn2cnc3ccsc3c2=O)CCCCNC(=O)c2coc1n2. The molecule has 3 aromatic heterocycles. The highest BCUT2D eigenvalue weighted by molar-refractivity contribution is 7.17. The van der Waals surface area contributed by atoms with E-state index in [1.165, 1.54) is 30.9 Å². The normalized spacial score (nSPS) is 21.5. The molecule has 0 aromatic carbocycles. The third-order valence-corrected chi connectivity index (χ3v) is 7.64. The fourth-order valence-electron chi connectivity index (χ4n) is 4.59. The molecule has 0 fully saturated rings. The Labute approximate surface area is 245 Å². The van der Waals surface area contributed by atoms with E-state index in [4.69, 9.17) is 4.42 Å². The second-order valence-electron chi connectivity index (χ2n) is 10.7. The number of aliphatic hydroxyl groups is 1. The number of carbonyl (C=O) groups is 4. The van der Waals surface area contributed by atoms with Crippen molar-refractivity contribution in [3.8, 4) is 0 Å². The molecule has 0 radical (unpaired) electrons. The van der Waals surface area contributed by atoms with Gasteiger partial charge in [0.2, 0.25) is 23.6 Å². The smallest absolute Gasteiger partial charge is 0.273 e. The van der Waals surface area contributed by atoms with E-state index in [0.717, 1.165) is 4.57 Å². The number of amides is 4. The number of oxazole rings is 1. The monoisotopic (exact) mass is 601 g/mol. The minimum absolute atomic E-state index is 0.0658. The molecular formula is C27H35N7O7S. The van der Waals surface area contributed by atoms with Gasteiger partial charge in [-0.3, -0.25) is 28.5 Å². The van der Waals surface area contributed by atoms with Gasteiger partial charge >= 0.3 is 0 Å². The molecule has 0 aliphatic carbocycles. The molecule has 15 heteroatoms. The minimum atomic E-state index is -1.36. The van der Waals surface area contributed by atoms with E-state index >= 15 is 0 Å². The summed E-state index contributed by atoms with van der Waals surface area (Å²) >= 11 is 1.22. The van der Waals surface area contributed by atoms with Crippen LogP contribution in [-0.2, 0) is 20.9 Å². The van der Waals surface area contributed by atoms with E-state index in [1.807, 2.05) is 13.8 Å². The molecule has 3 aromatic rings. The fourth-order valence-corrected chi connectivity index (χ4v) is 5.38. The first kappa shape index (κ1) is 30.8. The number of hydrogen-bond donors (Lipinski definition) is 5. The van der Waals surface area contributed by atoms with Crippen LogP contribution in [0.25, 0.3) is 10.2 Å². The largest absolute Gasteiger partial charge is 0.446 e. The van der Waals surface area contributed by atoms with E-state index in [9.17, 15) is 29.1 Å². The van der Waals surface area contributed by atoms with Crippen molar-refractivity contribution in [3.63, 3.8) is 0 Å². The van der Waals surface area contributed by atoms with Crippen molar-refractivity contribution in [2.75, 3.05) is 6.54 Å². The average Bonchev–Trinajstić information content (AvgIpc) is 3.61. The van der Waals surface area contributed by atoms with Gasteiger partial charge < -0.3 is 30.8 Å². The van der Waals surface area contributed by atoms with E-state index in [2.05, 4.69) is 31.2 Å². The number of rotatable bonds is 6. The third kappa shape index (κ3) is 7.59. The van der Waals surface area contributed by atoms with Crippen LogP contribution in [0.15, 0.2) is 33.2 Å². The molecule has 42 heavy (non-hydrogen) atoms. The van der Waals surface area contributed by atoms with Crippen LogP contribution in [0, 0.1) is 5.92 Å². The van der Waals surface area contributed by atoms with Gasteiger partial charge in [-0.1, -0.05) is 13.8 Å². The van der Waals surface area contributed by atoms with E-state index in [1.54, 1.807) is 11.4 Å². The maximum Gasteiger partial charge on any atom is 0.273 e. The van der Waals surface area contributed by atoms with Crippen LogP contribution in [0.5, 0.6) is 0 Å². The van der Waals surface area contributed by atoms with Crippen LogP contribution >= 0.6 is 11.3 Å². The fraction of sp³-hybridized carbons (Fsp3) is 0.519. The van der Waals surface area contributed by atoms with Crippen LogP contribution < -0.4 is 26.8 Å². The number of aliphatic hydroxyl groups excluding tert-OH is 1.